The molecule has 0 bridgehead atoms. The molecule has 3 atom stereocenters. The smallest absolute Gasteiger partial charge is 0.0306 e. The first kappa shape index (κ1) is 8.10. The fourth-order valence-corrected chi connectivity index (χ4v) is 2.60. The van der Waals surface area contributed by atoms with Gasteiger partial charge in [-0.1, -0.05) is 41.0 Å². The lowest BCUT2D eigenvalue weighted by atomic mass is 9.88. The Morgan fingerprint density at radius 2 is 1.70 bits per heavy atom. The lowest BCUT2D eigenvalue weighted by Gasteiger charge is -2.18. The van der Waals surface area contributed by atoms with Crippen molar-refractivity contribution in [3.8, 4) is 0 Å². The maximum Gasteiger partial charge on any atom is -0.0306 e. The first-order valence-corrected chi connectivity index (χ1v) is 4.48. The molecular weight excluding hydrogens is 120 g/mol. The summed E-state index contributed by atoms with van der Waals surface area (Å²) in [7, 11) is 0. The van der Waals surface area contributed by atoms with Gasteiger partial charge >= 0.3 is 0 Å². The number of hydrogen-bond acceptors (Lipinski definition) is 0. The molecule has 0 heteroatoms. The van der Waals surface area contributed by atoms with E-state index in [0.717, 1.165) is 17.8 Å². The van der Waals surface area contributed by atoms with Gasteiger partial charge in [0.15, 0.2) is 0 Å². The molecule has 0 aromatic rings. The zero-order valence-electron chi connectivity index (χ0n) is 7.94. The average Bonchev–Trinajstić information content (AvgIpc) is 2.39. The number of rotatable bonds is 1. The Kier molecular flexibility index (Phi) is 1.82. The summed E-state index contributed by atoms with van der Waals surface area (Å²) >= 11 is 0. The summed E-state index contributed by atoms with van der Waals surface area (Å²) in [5.74, 6) is 3.02. The normalized spacial score (nSPS) is 39.9. The van der Waals surface area contributed by atoms with Gasteiger partial charge in [-0.25, -0.2) is 0 Å². The molecule has 0 spiro atoms. The second kappa shape index (κ2) is 2.25. The van der Waals surface area contributed by atoms with Gasteiger partial charge in [0.05, 0.1) is 0 Å². The molecule has 0 aromatic heterocycles. The Bertz CT molecular complexity index is 118. The Morgan fingerprint density at radius 1 is 1.20 bits per heavy atom. The van der Waals surface area contributed by atoms with E-state index in [2.05, 4.69) is 34.6 Å². The Balaban J connectivity index is 2.48. The topological polar surface area (TPSA) is 0 Å². The van der Waals surface area contributed by atoms with Crippen LogP contribution in [0.2, 0.25) is 0 Å². The van der Waals surface area contributed by atoms with Crippen LogP contribution in [0.4, 0.5) is 0 Å². The minimum atomic E-state index is 0.556. The largest absolute Gasteiger partial charge is 0.0651 e. The summed E-state index contributed by atoms with van der Waals surface area (Å²) in [5, 5.41) is 0. The molecule has 1 saturated carbocycles. The van der Waals surface area contributed by atoms with Crippen LogP contribution in [0.15, 0.2) is 0 Å². The quantitative estimate of drug-likeness (QED) is 0.524. The Labute approximate surface area is 65.0 Å². The molecule has 1 aliphatic carbocycles. The van der Waals surface area contributed by atoms with Crippen LogP contribution in [0.1, 0.15) is 41.0 Å². The number of hydrogen-bond donors (Lipinski definition) is 0. The van der Waals surface area contributed by atoms with Crippen LogP contribution < -0.4 is 0 Å². The SMILES string of the molecule is CCC1C(C)C1C(C)(C)C. The molecule has 0 heterocycles. The van der Waals surface area contributed by atoms with Gasteiger partial charge in [-0.15, -0.1) is 0 Å². The van der Waals surface area contributed by atoms with Crippen molar-refractivity contribution in [2.24, 2.45) is 23.2 Å². The molecule has 10 heavy (non-hydrogen) atoms. The van der Waals surface area contributed by atoms with Crippen molar-refractivity contribution in [1.82, 2.24) is 0 Å². The highest BCUT2D eigenvalue weighted by molar-refractivity contribution is 4.99. The van der Waals surface area contributed by atoms with Gasteiger partial charge in [-0.2, -0.15) is 0 Å². The maximum absolute atomic E-state index is 2.39. The molecule has 0 amide bonds. The fraction of sp³-hybridized carbons (Fsp3) is 1.00. The fourth-order valence-electron chi connectivity index (χ4n) is 2.60. The summed E-state index contributed by atoms with van der Waals surface area (Å²) < 4.78 is 0. The van der Waals surface area contributed by atoms with E-state index in [4.69, 9.17) is 0 Å². The van der Waals surface area contributed by atoms with Crippen LogP contribution in [0.25, 0.3) is 0 Å². The summed E-state index contributed by atoms with van der Waals surface area (Å²) in [4.78, 5) is 0. The predicted octanol–water partition coefficient (Wildman–Crippen LogP) is 3.32. The van der Waals surface area contributed by atoms with Crippen LogP contribution >= 0.6 is 0 Å². The van der Waals surface area contributed by atoms with Crippen LogP contribution in [0, 0.1) is 23.2 Å². The van der Waals surface area contributed by atoms with Gasteiger partial charge in [0.25, 0.3) is 0 Å². The molecule has 0 saturated heterocycles. The molecule has 60 valence electrons. The minimum absolute atomic E-state index is 0.556. The van der Waals surface area contributed by atoms with Crippen molar-refractivity contribution in [3.63, 3.8) is 0 Å². The van der Waals surface area contributed by atoms with Crippen molar-refractivity contribution in [2.75, 3.05) is 0 Å². The minimum Gasteiger partial charge on any atom is -0.0651 e. The summed E-state index contributed by atoms with van der Waals surface area (Å²) in [6.45, 7) is 11.8. The van der Waals surface area contributed by atoms with Gasteiger partial charge in [0, 0.05) is 0 Å². The second-order valence-electron chi connectivity index (χ2n) is 4.82. The summed E-state index contributed by atoms with van der Waals surface area (Å²) in [6, 6.07) is 0. The van der Waals surface area contributed by atoms with E-state index < -0.39 is 0 Å². The highest BCUT2D eigenvalue weighted by Gasteiger charge is 2.51. The van der Waals surface area contributed by atoms with Crippen molar-refractivity contribution in [3.05, 3.63) is 0 Å². The molecule has 0 nitrogen and oxygen atoms in total. The third-order valence-electron chi connectivity index (χ3n) is 3.03. The van der Waals surface area contributed by atoms with E-state index in [1.807, 2.05) is 0 Å². The van der Waals surface area contributed by atoms with Crippen molar-refractivity contribution < 1.29 is 0 Å². The first-order valence-electron chi connectivity index (χ1n) is 4.48. The van der Waals surface area contributed by atoms with Gasteiger partial charge in [0.1, 0.15) is 0 Å². The average molecular weight is 140 g/mol. The standard InChI is InChI=1S/C10H20/c1-6-8-7(2)9(8)10(3,4)5/h7-9H,6H2,1-5H3. The lowest BCUT2D eigenvalue weighted by Crippen LogP contribution is -2.09. The monoisotopic (exact) mass is 140 g/mol. The Hall–Kier alpha value is 0. The van der Waals surface area contributed by atoms with E-state index >= 15 is 0 Å². The van der Waals surface area contributed by atoms with E-state index in [0.29, 0.717) is 5.41 Å². The van der Waals surface area contributed by atoms with Crippen LogP contribution in [0.3, 0.4) is 0 Å². The highest BCUT2D eigenvalue weighted by atomic mass is 14.6. The summed E-state index contributed by atoms with van der Waals surface area (Å²) in [5.41, 5.74) is 0.556. The van der Waals surface area contributed by atoms with Gasteiger partial charge < -0.3 is 0 Å². The van der Waals surface area contributed by atoms with E-state index in [1.54, 1.807) is 0 Å². The molecule has 0 N–H and O–H groups in total. The maximum atomic E-state index is 2.39. The third kappa shape index (κ3) is 1.21. The summed E-state index contributed by atoms with van der Waals surface area (Å²) in [6.07, 6.45) is 1.38. The third-order valence-corrected chi connectivity index (χ3v) is 3.03. The van der Waals surface area contributed by atoms with Crippen LogP contribution in [-0.2, 0) is 0 Å². The van der Waals surface area contributed by atoms with Crippen LogP contribution in [0.5, 0.6) is 0 Å². The lowest BCUT2D eigenvalue weighted by molar-refractivity contribution is 0.318. The molecule has 1 aliphatic rings. The Morgan fingerprint density at radius 3 is 1.80 bits per heavy atom. The van der Waals surface area contributed by atoms with E-state index in [1.165, 1.54) is 6.42 Å². The molecule has 0 aliphatic heterocycles. The van der Waals surface area contributed by atoms with Gasteiger partial charge in [-0.3, -0.25) is 0 Å². The second-order valence-corrected chi connectivity index (χ2v) is 4.82. The first-order chi connectivity index (χ1) is 4.48. The van der Waals surface area contributed by atoms with Gasteiger partial charge in [-0.05, 0) is 23.2 Å². The molecular formula is C10H20. The molecule has 0 aromatic carbocycles. The predicted molar refractivity (Wildman–Crippen MR) is 45.9 cm³/mol. The molecule has 3 unspecified atom stereocenters. The molecule has 1 fully saturated rings. The van der Waals surface area contributed by atoms with E-state index in [9.17, 15) is 0 Å². The van der Waals surface area contributed by atoms with Crippen LogP contribution in [-0.4, -0.2) is 0 Å². The zero-order chi connectivity index (χ0) is 7.94. The zero-order valence-corrected chi connectivity index (χ0v) is 7.94. The molecule has 0 radical (unpaired) electrons. The van der Waals surface area contributed by atoms with Crippen molar-refractivity contribution in [1.29, 1.82) is 0 Å². The van der Waals surface area contributed by atoms with Crippen molar-refractivity contribution >= 4 is 0 Å². The highest BCUT2D eigenvalue weighted by Crippen LogP contribution is 2.57. The molecule has 1 rings (SSSR count). The van der Waals surface area contributed by atoms with Gasteiger partial charge in [0.2, 0.25) is 0 Å². The van der Waals surface area contributed by atoms with E-state index in [-0.39, 0.29) is 0 Å². The van der Waals surface area contributed by atoms with Crippen molar-refractivity contribution in [2.45, 2.75) is 41.0 Å².